The maximum absolute atomic E-state index is 14.3. The van der Waals surface area contributed by atoms with Gasteiger partial charge < -0.3 is 25.0 Å². The number of hydroxylamine groups is 1. The molecule has 1 saturated heterocycles. The van der Waals surface area contributed by atoms with Gasteiger partial charge in [0, 0.05) is 3.57 Å². The molecule has 2 aliphatic rings. The van der Waals surface area contributed by atoms with E-state index in [4.69, 9.17) is 25.9 Å². The Labute approximate surface area is 303 Å². The highest BCUT2D eigenvalue weighted by molar-refractivity contribution is 14.1. The Morgan fingerprint density at radius 1 is 1.12 bits per heavy atom. The van der Waals surface area contributed by atoms with Gasteiger partial charge in [-0.3, -0.25) is 19.5 Å². The van der Waals surface area contributed by atoms with E-state index in [2.05, 4.69) is 43.7 Å². The second-order valence-corrected chi connectivity index (χ2v) is 13.2. The van der Waals surface area contributed by atoms with Crippen LogP contribution in [-0.4, -0.2) is 63.3 Å². The van der Waals surface area contributed by atoms with Crippen molar-refractivity contribution in [2.24, 2.45) is 5.92 Å². The minimum atomic E-state index is -1.41. The number of aliphatic hydroxyl groups excluding tert-OH is 2. The summed E-state index contributed by atoms with van der Waals surface area (Å²) in [5, 5.41) is 24.6. The highest BCUT2D eigenvalue weighted by Gasteiger charge is 2.42. The van der Waals surface area contributed by atoms with Gasteiger partial charge in [0.15, 0.2) is 29.5 Å². The first-order chi connectivity index (χ1) is 23.8. The number of rotatable bonds is 12. The Hall–Kier alpha value is -3.49. The number of hydrogen-bond donors (Lipinski definition) is 5. The van der Waals surface area contributed by atoms with Crippen molar-refractivity contribution in [1.82, 2.24) is 15.0 Å². The molecule has 5 rings (SSSR count). The third kappa shape index (κ3) is 10.5. The maximum Gasteiger partial charge on any atom is 0.412 e. The zero-order valence-corrected chi connectivity index (χ0v) is 29.8. The maximum atomic E-state index is 14.3. The zero-order chi connectivity index (χ0) is 36.5. The van der Waals surface area contributed by atoms with E-state index in [-0.39, 0.29) is 17.9 Å². The van der Waals surface area contributed by atoms with Crippen LogP contribution >= 0.6 is 34.2 Å². The lowest BCUT2D eigenvalue weighted by molar-refractivity contribution is -0.0355. The summed E-state index contributed by atoms with van der Waals surface area (Å²) in [5.41, 5.74) is 1.30. The molecule has 2 aromatic carbocycles. The third-order valence-corrected chi connectivity index (χ3v) is 8.55. The highest BCUT2D eigenvalue weighted by Crippen LogP contribution is 2.32. The van der Waals surface area contributed by atoms with Crippen molar-refractivity contribution in [2.75, 3.05) is 23.8 Å². The van der Waals surface area contributed by atoms with Gasteiger partial charge >= 0.3 is 11.8 Å². The number of aliphatic hydroxyl groups is 2. The van der Waals surface area contributed by atoms with Gasteiger partial charge in [-0.25, -0.2) is 28.2 Å². The Morgan fingerprint density at radius 3 is 2.50 bits per heavy atom. The summed E-state index contributed by atoms with van der Waals surface area (Å²) in [5.74, 6) is -4.03. The van der Waals surface area contributed by atoms with Crippen LogP contribution in [0.15, 0.2) is 41.3 Å². The smallest absolute Gasteiger partial charge is 0.412 e. The van der Waals surface area contributed by atoms with Crippen LogP contribution in [0.25, 0.3) is 0 Å². The summed E-state index contributed by atoms with van der Waals surface area (Å²) in [7, 11) is 0. The molecule has 1 aliphatic carbocycles. The van der Waals surface area contributed by atoms with E-state index < -0.39 is 65.5 Å². The van der Waals surface area contributed by atoms with Crippen molar-refractivity contribution in [3.05, 3.63) is 78.6 Å². The van der Waals surface area contributed by atoms with Crippen LogP contribution in [0.3, 0.4) is 0 Å². The minimum Gasteiger partial charge on any atom is -0.449 e. The number of anilines is 3. The molecule has 0 spiro atoms. The molecule has 50 heavy (non-hydrogen) atoms. The topological polar surface area (TPSA) is 173 Å². The van der Waals surface area contributed by atoms with Crippen molar-refractivity contribution in [2.45, 2.75) is 70.5 Å². The Kier molecular flexibility index (Phi) is 14.3. The van der Waals surface area contributed by atoms with Crippen LogP contribution < -0.4 is 21.8 Å². The first kappa shape index (κ1) is 39.3. The molecular formula is C32H36ClF3IN5O8. The quantitative estimate of drug-likeness (QED) is 0.0854. The van der Waals surface area contributed by atoms with E-state index in [1.807, 2.05) is 6.92 Å². The summed E-state index contributed by atoms with van der Waals surface area (Å²) in [4.78, 5) is 44.4. The lowest BCUT2D eigenvalue weighted by Crippen LogP contribution is -2.36. The van der Waals surface area contributed by atoms with Gasteiger partial charge in [0.2, 0.25) is 0 Å². The molecule has 0 unspecified atom stereocenters. The van der Waals surface area contributed by atoms with Crippen LogP contribution in [0.4, 0.5) is 35.2 Å². The number of nitrogens with zero attached hydrogens (tertiary/aromatic N) is 2. The van der Waals surface area contributed by atoms with E-state index >= 15 is 0 Å². The fraction of sp³-hybridized carbons (Fsp3) is 0.438. The molecule has 18 heteroatoms. The van der Waals surface area contributed by atoms with Gasteiger partial charge in [-0.1, -0.05) is 31.4 Å². The summed E-state index contributed by atoms with van der Waals surface area (Å²) >= 11 is 8.20. The standard InChI is InChI=1S/C17H14ClF2IN2O2.C15H22FN3O6/c18-12-7-10(21)3-6-14(12)22-16-11(4-5-13(19)15(16)20)17(24)23-25-8-9-1-2-9;1-3-4-5-6-24-15(23)18-12-9(16)7-19(14(22)17-12)13-11(21)10(20)8(2)25-13/h3-7,9,22H,1-2,8H2,(H,23,24);7-8,10-11,13,20-21H,3-6H2,1-2H3,(H,17,18,22,23)/t;8-,10-,11-,13-/m.1/s1. The third-order valence-electron chi connectivity index (χ3n) is 7.57. The highest BCUT2D eigenvalue weighted by atomic mass is 127. The predicted molar refractivity (Wildman–Crippen MR) is 185 cm³/mol. The van der Waals surface area contributed by atoms with Crippen LogP contribution in [-0.2, 0) is 14.3 Å². The first-order valence-electron chi connectivity index (χ1n) is 15.7. The van der Waals surface area contributed by atoms with Crippen molar-refractivity contribution < 1.29 is 47.3 Å². The molecule has 3 aromatic rings. The molecule has 1 aliphatic heterocycles. The number of carbonyl (C=O) groups excluding carboxylic acids is 2. The van der Waals surface area contributed by atoms with Crippen LogP contribution in [0.1, 0.15) is 62.5 Å². The SMILES string of the molecule is CCCCCOC(=O)Nc1nc(=O)n([C@@H]2O[C@H](C)[C@@H](O)[C@H]2O)cc1F.O=C(NOCC1CC1)c1ccc(F)c(F)c1Nc1ccc(I)cc1Cl. The number of unbranched alkanes of at least 4 members (excludes halogenated alkanes) is 2. The summed E-state index contributed by atoms with van der Waals surface area (Å²) in [6, 6.07) is 7.13. The molecule has 272 valence electrons. The van der Waals surface area contributed by atoms with Gasteiger partial charge in [0.05, 0.1) is 47.5 Å². The monoisotopic (exact) mass is 837 g/mol. The lowest BCUT2D eigenvalue weighted by Gasteiger charge is -2.17. The lowest BCUT2D eigenvalue weighted by atomic mass is 10.1. The Morgan fingerprint density at radius 2 is 1.86 bits per heavy atom. The van der Waals surface area contributed by atoms with Crippen LogP contribution in [0.2, 0.25) is 5.02 Å². The van der Waals surface area contributed by atoms with Gasteiger partial charge in [0.25, 0.3) is 5.91 Å². The van der Waals surface area contributed by atoms with E-state index in [1.165, 1.54) is 13.0 Å². The molecule has 5 N–H and O–H groups in total. The molecule has 1 saturated carbocycles. The average Bonchev–Trinajstić information content (AvgIpc) is 3.87. The number of carbonyl (C=O) groups is 2. The van der Waals surface area contributed by atoms with Gasteiger partial charge in [-0.05, 0) is 85.0 Å². The number of ether oxygens (including phenoxy) is 2. The molecule has 0 bridgehead atoms. The molecular weight excluding hydrogens is 802 g/mol. The van der Waals surface area contributed by atoms with Gasteiger partial charge in [-0.2, -0.15) is 4.98 Å². The Bertz CT molecular complexity index is 1730. The zero-order valence-electron chi connectivity index (χ0n) is 26.9. The predicted octanol–water partition coefficient (Wildman–Crippen LogP) is 5.80. The van der Waals surface area contributed by atoms with E-state index in [1.54, 1.807) is 18.2 Å². The van der Waals surface area contributed by atoms with Gasteiger partial charge in [-0.15, -0.1) is 0 Å². The van der Waals surface area contributed by atoms with Crippen molar-refractivity contribution in [3.8, 4) is 0 Å². The molecule has 0 radical (unpaired) electrons. The summed E-state index contributed by atoms with van der Waals surface area (Å²) in [6.45, 7) is 4.09. The van der Waals surface area contributed by atoms with Crippen LogP contribution in [0.5, 0.6) is 0 Å². The fourth-order valence-electron chi connectivity index (χ4n) is 4.57. The van der Waals surface area contributed by atoms with E-state index in [0.717, 1.165) is 46.1 Å². The number of halogens is 5. The number of hydrogen-bond acceptors (Lipinski definition) is 10. The summed E-state index contributed by atoms with van der Waals surface area (Å²) < 4.78 is 53.8. The molecule has 4 atom stereocenters. The van der Waals surface area contributed by atoms with Crippen molar-refractivity contribution in [1.29, 1.82) is 0 Å². The largest absolute Gasteiger partial charge is 0.449 e. The second-order valence-electron chi connectivity index (χ2n) is 11.5. The average molecular weight is 838 g/mol. The Balaban J connectivity index is 0.000000225. The summed E-state index contributed by atoms with van der Waals surface area (Å²) in [6.07, 6.45) is -0.114. The van der Waals surface area contributed by atoms with Crippen molar-refractivity contribution in [3.63, 3.8) is 0 Å². The van der Waals surface area contributed by atoms with Crippen LogP contribution in [0, 0.1) is 26.9 Å². The molecule has 2 fully saturated rings. The molecule has 1 aromatic heterocycles. The number of benzene rings is 2. The molecule has 13 nitrogen and oxygen atoms in total. The first-order valence-corrected chi connectivity index (χ1v) is 17.1. The van der Waals surface area contributed by atoms with E-state index in [9.17, 15) is 37.8 Å². The van der Waals surface area contributed by atoms with Crippen molar-refractivity contribution >= 4 is 63.4 Å². The number of nitrogens with one attached hydrogen (secondary N) is 3. The second kappa shape index (κ2) is 18.1. The molecule has 2 heterocycles. The fourth-order valence-corrected chi connectivity index (χ4v) is 5.48. The molecule has 2 amide bonds. The van der Waals surface area contributed by atoms with Gasteiger partial charge in [0.1, 0.15) is 12.2 Å². The number of aromatic nitrogens is 2. The van der Waals surface area contributed by atoms with E-state index in [0.29, 0.717) is 29.7 Å². The minimum absolute atomic E-state index is 0.0793. The normalized spacial score (nSPS) is 19.7. The number of amides is 2.